The molecule has 4 heteroatoms. The number of hydrogen-bond acceptors (Lipinski definition) is 1. The van der Waals surface area contributed by atoms with Gasteiger partial charge in [0.15, 0.2) is 0 Å². The maximum atomic E-state index is 13.3. The van der Waals surface area contributed by atoms with Gasteiger partial charge in [-0.15, -0.1) is 0 Å². The standard InChI is InChI=1S/C14H12F3N/c15-12-5-6-14(17)11(7-12)9-18-8-10-3-1-2-4-13(10)16/h1-7,18H,8-9H2. The van der Waals surface area contributed by atoms with Gasteiger partial charge in [-0.3, -0.25) is 0 Å². The van der Waals surface area contributed by atoms with E-state index in [9.17, 15) is 13.2 Å². The Hall–Kier alpha value is -1.81. The van der Waals surface area contributed by atoms with Crippen LogP contribution in [0.1, 0.15) is 11.1 Å². The fourth-order valence-corrected chi connectivity index (χ4v) is 1.65. The Morgan fingerprint density at radius 3 is 2.22 bits per heavy atom. The Labute approximate surface area is 103 Å². The minimum absolute atomic E-state index is 0.151. The van der Waals surface area contributed by atoms with E-state index in [1.54, 1.807) is 18.2 Å². The smallest absolute Gasteiger partial charge is 0.127 e. The van der Waals surface area contributed by atoms with Crippen molar-refractivity contribution in [3.63, 3.8) is 0 Å². The summed E-state index contributed by atoms with van der Waals surface area (Å²) in [7, 11) is 0. The molecule has 2 aromatic carbocycles. The summed E-state index contributed by atoms with van der Waals surface area (Å²) in [5.74, 6) is -1.28. The highest BCUT2D eigenvalue weighted by molar-refractivity contribution is 5.20. The van der Waals surface area contributed by atoms with Crippen LogP contribution < -0.4 is 5.32 Å². The van der Waals surface area contributed by atoms with Gasteiger partial charge in [0.05, 0.1) is 0 Å². The van der Waals surface area contributed by atoms with Crippen molar-refractivity contribution in [3.05, 3.63) is 71.0 Å². The number of nitrogens with one attached hydrogen (secondary N) is 1. The highest BCUT2D eigenvalue weighted by Crippen LogP contribution is 2.10. The molecule has 0 bridgehead atoms. The van der Waals surface area contributed by atoms with Crippen LogP contribution in [0.25, 0.3) is 0 Å². The molecule has 0 heterocycles. The Kier molecular flexibility index (Phi) is 3.99. The molecule has 0 aromatic heterocycles. The molecule has 0 aliphatic rings. The zero-order valence-electron chi connectivity index (χ0n) is 9.59. The summed E-state index contributed by atoms with van der Waals surface area (Å²) in [4.78, 5) is 0. The lowest BCUT2D eigenvalue weighted by molar-refractivity contribution is 0.558. The van der Waals surface area contributed by atoms with Gasteiger partial charge in [0, 0.05) is 24.2 Å². The van der Waals surface area contributed by atoms with Crippen LogP contribution in [-0.4, -0.2) is 0 Å². The summed E-state index contributed by atoms with van der Waals surface area (Å²) in [5.41, 5.74) is 0.723. The summed E-state index contributed by atoms with van der Waals surface area (Å²) in [6.45, 7) is 0.417. The van der Waals surface area contributed by atoms with E-state index < -0.39 is 11.6 Å². The predicted molar refractivity (Wildman–Crippen MR) is 63.3 cm³/mol. The van der Waals surface area contributed by atoms with Crippen molar-refractivity contribution in [2.45, 2.75) is 13.1 Å². The van der Waals surface area contributed by atoms with Crippen molar-refractivity contribution < 1.29 is 13.2 Å². The molecular weight excluding hydrogens is 239 g/mol. The van der Waals surface area contributed by atoms with Crippen LogP contribution in [0, 0.1) is 17.5 Å². The third kappa shape index (κ3) is 3.11. The lowest BCUT2D eigenvalue weighted by Crippen LogP contribution is -2.14. The third-order valence-electron chi connectivity index (χ3n) is 2.60. The van der Waals surface area contributed by atoms with Crippen molar-refractivity contribution in [1.82, 2.24) is 5.32 Å². The molecule has 0 unspecified atom stereocenters. The van der Waals surface area contributed by atoms with Crippen molar-refractivity contribution in [2.24, 2.45) is 0 Å². The van der Waals surface area contributed by atoms with Gasteiger partial charge in [-0.1, -0.05) is 18.2 Å². The first kappa shape index (κ1) is 12.6. The molecule has 0 radical (unpaired) electrons. The molecule has 0 saturated carbocycles. The zero-order chi connectivity index (χ0) is 13.0. The molecular formula is C14H12F3N. The van der Waals surface area contributed by atoms with Crippen LogP contribution in [0.15, 0.2) is 42.5 Å². The van der Waals surface area contributed by atoms with Gasteiger partial charge in [0.2, 0.25) is 0 Å². The van der Waals surface area contributed by atoms with E-state index in [1.165, 1.54) is 6.07 Å². The molecule has 0 aliphatic carbocycles. The predicted octanol–water partition coefficient (Wildman–Crippen LogP) is 3.39. The normalized spacial score (nSPS) is 10.6. The van der Waals surface area contributed by atoms with E-state index in [2.05, 4.69) is 5.32 Å². The maximum absolute atomic E-state index is 13.3. The first-order chi connectivity index (χ1) is 8.66. The Bertz CT molecular complexity index is 540. The first-order valence-electron chi connectivity index (χ1n) is 5.55. The SMILES string of the molecule is Fc1ccc(F)c(CNCc2ccccc2F)c1. The van der Waals surface area contributed by atoms with Crippen molar-refractivity contribution >= 4 is 0 Å². The molecule has 2 rings (SSSR count). The third-order valence-corrected chi connectivity index (χ3v) is 2.60. The molecule has 94 valence electrons. The largest absolute Gasteiger partial charge is 0.308 e. The van der Waals surface area contributed by atoms with Gasteiger partial charge in [-0.25, -0.2) is 13.2 Å². The lowest BCUT2D eigenvalue weighted by Gasteiger charge is -2.07. The molecule has 1 nitrogen and oxygen atoms in total. The van der Waals surface area contributed by atoms with Crippen LogP contribution in [-0.2, 0) is 13.1 Å². The van der Waals surface area contributed by atoms with Crippen LogP contribution in [0.3, 0.4) is 0 Å². The Morgan fingerprint density at radius 1 is 0.778 bits per heavy atom. The summed E-state index contributed by atoms with van der Waals surface area (Å²) < 4.78 is 39.5. The van der Waals surface area contributed by atoms with Crippen molar-refractivity contribution in [3.8, 4) is 0 Å². The van der Waals surface area contributed by atoms with E-state index in [-0.39, 0.29) is 24.5 Å². The van der Waals surface area contributed by atoms with Crippen LogP contribution in [0.4, 0.5) is 13.2 Å². The van der Waals surface area contributed by atoms with Crippen LogP contribution in [0.2, 0.25) is 0 Å². The van der Waals surface area contributed by atoms with Gasteiger partial charge < -0.3 is 5.32 Å². The molecule has 0 saturated heterocycles. The second-order valence-corrected chi connectivity index (χ2v) is 3.93. The van der Waals surface area contributed by atoms with Gasteiger partial charge in [0.1, 0.15) is 17.5 Å². The fraction of sp³-hybridized carbons (Fsp3) is 0.143. The number of benzene rings is 2. The van der Waals surface area contributed by atoms with Crippen LogP contribution in [0.5, 0.6) is 0 Å². The average molecular weight is 251 g/mol. The zero-order valence-corrected chi connectivity index (χ0v) is 9.59. The Morgan fingerprint density at radius 2 is 1.44 bits per heavy atom. The average Bonchev–Trinajstić information content (AvgIpc) is 2.36. The second kappa shape index (κ2) is 5.69. The molecule has 1 N–H and O–H groups in total. The topological polar surface area (TPSA) is 12.0 Å². The van der Waals surface area contributed by atoms with Crippen molar-refractivity contribution in [2.75, 3.05) is 0 Å². The van der Waals surface area contributed by atoms with Gasteiger partial charge in [0.25, 0.3) is 0 Å². The molecule has 0 atom stereocenters. The second-order valence-electron chi connectivity index (χ2n) is 3.93. The van der Waals surface area contributed by atoms with Crippen molar-refractivity contribution in [1.29, 1.82) is 0 Å². The monoisotopic (exact) mass is 251 g/mol. The highest BCUT2D eigenvalue weighted by atomic mass is 19.1. The maximum Gasteiger partial charge on any atom is 0.127 e. The lowest BCUT2D eigenvalue weighted by atomic mass is 10.2. The van der Waals surface area contributed by atoms with Gasteiger partial charge in [-0.05, 0) is 24.3 Å². The summed E-state index contributed by atoms with van der Waals surface area (Å²) in [6, 6.07) is 9.60. The Balaban J connectivity index is 1.96. The van der Waals surface area contributed by atoms with Crippen LogP contribution >= 0.6 is 0 Å². The molecule has 2 aromatic rings. The number of hydrogen-bond donors (Lipinski definition) is 1. The minimum atomic E-state index is -0.487. The minimum Gasteiger partial charge on any atom is -0.308 e. The summed E-state index contributed by atoms with van der Waals surface area (Å²) in [5, 5.41) is 2.88. The first-order valence-corrected chi connectivity index (χ1v) is 5.55. The van der Waals surface area contributed by atoms with E-state index in [4.69, 9.17) is 0 Å². The summed E-state index contributed by atoms with van der Waals surface area (Å²) in [6.07, 6.45) is 0. The number of halogens is 3. The van der Waals surface area contributed by atoms with E-state index in [0.717, 1.165) is 18.2 Å². The highest BCUT2D eigenvalue weighted by Gasteiger charge is 2.04. The molecule has 0 aliphatic heterocycles. The number of rotatable bonds is 4. The molecule has 0 spiro atoms. The molecule has 18 heavy (non-hydrogen) atoms. The molecule has 0 amide bonds. The van der Waals surface area contributed by atoms with E-state index in [1.807, 2.05) is 0 Å². The van der Waals surface area contributed by atoms with Gasteiger partial charge in [-0.2, -0.15) is 0 Å². The van der Waals surface area contributed by atoms with E-state index in [0.29, 0.717) is 5.56 Å². The van der Waals surface area contributed by atoms with Gasteiger partial charge >= 0.3 is 0 Å². The van der Waals surface area contributed by atoms with E-state index >= 15 is 0 Å². The molecule has 0 fully saturated rings. The quantitative estimate of drug-likeness (QED) is 0.878. The summed E-state index contributed by atoms with van der Waals surface area (Å²) >= 11 is 0. The fourth-order valence-electron chi connectivity index (χ4n) is 1.65.